The third kappa shape index (κ3) is 5.26. The Morgan fingerprint density at radius 3 is 1.57 bits per heavy atom. The van der Waals surface area contributed by atoms with Crippen LogP contribution in [0.5, 0.6) is 11.5 Å². The van der Waals surface area contributed by atoms with Crippen molar-refractivity contribution in [3.63, 3.8) is 0 Å². The average molecular weight is 403 g/mol. The van der Waals surface area contributed by atoms with E-state index in [1.807, 2.05) is 0 Å². The second-order valence-corrected chi connectivity index (χ2v) is 5.92. The molecule has 0 saturated heterocycles. The molecule has 1 aromatic heterocycles. The van der Waals surface area contributed by atoms with E-state index in [1.165, 1.54) is 42.8 Å². The lowest BCUT2D eigenvalue weighted by molar-refractivity contribution is 0.0945. The molecule has 0 bridgehead atoms. The fourth-order valence-electron chi connectivity index (χ4n) is 2.32. The first-order valence-electron chi connectivity index (χ1n) is 8.74. The average Bonchev–Trinajstić information content (AvgIpc) is 2.76. The highest BCUT2D eigenvalue weighted by Gasteiger charge is 2.11. The van der Waals surface area contributed by atoms with E-state index in [9.17, 15) is 19.8 Å². The van der Waals surface area contributed by atoms with Crippen molar-refractivity contribution >= 4 is 24.2 Å². The van der Waals surface area contributed by atoms with Crippen LogP contribution in [-0.4, -0.2) is 39.4 Å². The number of phenolic OH excluding ortho intramolecular Hbond substituents is 2. The number of aromatic nitrogens is 1. The van der Waals surface area contributed by atoms with Gasteiger partial charge in [0.05, 0.1) is 12.4 Å². The summed E-state index contributed by atoms with van der Waals surface area (Å²) in [6.45, 7) is 0. The Morgan fingerprint density at radius 1 is 0.700 bits per heavy atom. The summed E-state index contributed by atoms with van der Waals surface area (Å²) in [4.78, 5) is 28.4. The maximum absolute atomic E-state index is 12.2. The van der Waals surface area contributed by atoms with Gasteiger partial charge in [0.1, 0.15) is 22.9 Å². The molecule has 0 atom stereocenters. The van der Waals surface area contributed by atoms with Gasteiger partial charge in [0.2, 0.25) is 0 Å². The maximum Gasteiger partial charge on any atom is 0.289 e. The number of amides is 2. The zero-order chi connectivity index (χ0) is 21.3. The molecular formula is C21H17N5O4. The van der Waals surface area contributed by atoms with Crippen molar-refractivity contribution in [1.29, 1.82) is 0 Å². The van der Waals surface area contributed by atoms with E-state index in [1.54, 1.807) is 36.4 Å². The van der Waals surface area contributed by atoms with Gasteiger partial charge in [-0.2, -0.15) is 10.2 Å². The van der Waals surface area contributed by atoms with Crippen LogP contribution in [-0.2, 0) is 0 Å². The van der Waals surface area contributed by atoms with Crippen LogP contribution in [0.3, 0.4) is 0 Å². The number of rotatable bonds is 6. The largest absolute Gasteiger partial charge is 0.507 e. The monoisotopic (exact) mass is 403 g/mol. The molecule has 0 aliphatic heterocycles. The van der Waals surface area contributed by atoms with Crippen LogP contribution in [0.4, 0.5) is 0 Å². The summed E-state index contributed by atoms with van der Waals surface area (Å²) in [6.07, 6.45) is 2.58. The van der Waals surface area contributed by atoms with E-state index >= 15 is 0 Å². The Labute approximate surface area is 171 Å². The fourth-order valence-corrected chi connectivity index (χ4v) is 2.32. The SMILES string of the molecule is O=C(N/N=C/c1ccccc1O)c1cccc(C(=O)N/N=C/c2ccccc2O)n1. The predicted molar refractivity (Wildman–Crippen MR) is 111 cm³/mol. The minimum atomic E-state index is -0.631. The highest BCUT2D eigenvalue weighted by molar-refractivity contribution is 5.97. The highest BCUT2D eigenvalue weighted by Crippen LogP contribution is 2.13. The fraction of sp³-hybridized carbons (Fsp3) is 0. The predicted octanol–water partition coefficient (Wildman–Crippen LogP) is 2.02. The summed E-state index contributed by atoms with van der Waals surface area (Å²) in [5.74, 6) is -1.21. The van der Waals surface area contributed by atoms with Gasteiger partial charge in [0, 0.05) is 11.1 Å². The van der Waals surface area contributed by atoms with Crippen molar-refractivity contribution < 1.29 is 19.8 Å². The van der Waals surface area contributed by atoms with Gasteiger partial charge in [-0.3, -0.25) is 9.59 Å². The highest BCUT2D eigenvalue weighted by atomic mass is 16.3. The van der Waals surface area contributed by atoms with Crippen LogP contribution in [0.2, 0.25) is 0 Å². The molecule has 2 aromatic carbocycles. The van der Waals surface area contributed by atoms with E-state index < -0.39 is 11.8 Å². The Hall–Kier alpha value is -4.53. The molecule has 0 radical (unpaired) electrons. The number of phenols is 2. The molecule has 3 aromatic rings. The number of carbonyl (C=O) groups is 2. The lowest BCUT2D eigenvalue weighted by atomic mass is 10.2. The van der Waals surface area contributed by atoms with Gasteiger partial charge in [-0.15, -0.1) is 0 Å². The summed E-state index contributed by atoms with van der Waals surface area (Å²) in [7, 11) is 0. The quantitative estimate of drug-likeness (QED) is 0.369. The third-order valence-electron chi connectivity index (χ3n) is 3.83. The van der Waals surface area contributed by atoms with Crippen molar-refractivity contribution in [2.45, 2.75) is 0 Å². The molecule has 4 N–H and O–H groups in total. The molecule has 1 heterocycles. The Bertz CT molecular complexity index is 1040. The minimum absolute atomic E-state index is 0.0247. The van der Waals surface area contributed by atoms with E-state index in [0.29, 0.717) is 11.1 Å². The molecule has 0 saturated carbocycles. The number of benzene rings is 2. The minimum Gasteiger partial charge on any atom is -0.507 e. The van der Waals surface area contributed by atoms with Crippen molar-refractivity contribution in [3.05, 3.63) is 89.2 Å². The van der Waals surface area contributed by atoms with Gasteiger partial charge >= 0.3 is 0 Å². The number of hydrogen-bond donors (Lipinski definition) is 4. The second-order valence-electron chi connectivity index (χ2n) is 5.92. The maximum atomic E-state index is 12.2. The number of nitrogens with zero attached hydrogens (tertiary/aromatic N) is 3. The molecule has 9 nitrogen and oxygen atoms in total. The Balaban J connectivity index is 1.62. The van der Waals surface area contributed by atoms with Gasteiger partial charge in [-0.05, 0) is 36.4 Å². The molecule has 3 rings (SSSR count). The van der Waals surface area contributed by atoms with Crippen LogP contribution in [0.15, 0.2) is 76.9 Å². The van der Waals surface area contributed by atoms with Crippen molar-refractivity contribution in [3.8, 4) is 11.5 Å². The first-order chi connectivity index (χ1) is 14.5. The number of carbonyl (C=O) groups excluding carboxylic acids is 2. The van der Waals surface area contributed by atoms with Crippen molar-refractivity contribution in [2.24, 2.45) is 10.2 Å². The first-order valence-corrected chi connectivity index (χ1v) is 8.74. The number of nitrogens with one attached hydrogen (secondary N) is 2. The summed E-state index contributed by atoms with van der Waals surface area (Å²) >= 11 is 0. The molecule has 150 valence electrons. The van der Waals surface area contributed by atoms with E-state index in [2.05, 4.69) is 26.0 Å². The van der Waals surface area contributed by atoms with Gasteiger partial charge < -0.3 is 10.2 Å². The van der Waals surface area contributed by atoms with Crippen LogP contribution in [0.1, 0.15) is 32.1 Å². The lowest BCUT2D eigenvalue weighted by Gasteiger charge is -2.03. The molecule has 2 amide bonds. The topological polar surface area (TPSA) is 136 Å². The summed E-state index contributed by atoms with van der Waals surface area (Å²) in [5.41, 5.74) is 5.37. The van der Waals surface area contributed by atoms with Crippen molar-refractivity contribution in [2.75, 3.05) is 0 Å². The Morgan fingerprint density at radius 2 is 1.13 bits per heavy atom. The van der Waals surface area contributed by atoms with Gasteiger partial charge in [0.15, 0.2) is 0 Å². The van der Waals surface area contributed by atoms with Crippen molar-refractivity contribution in [1.82, 2.24) is 15.8 Å². The van der Waals surface area contributed by atoms with Gasteiger partial charge in [-0.25, -0.2) is 15.8 Å². The number of pyridine rings is 1. The molecule has 0 aliphatic rings. The molecule has 30 heavy (non-hydrogen) atoms. The number of aromatic hydroxyl groups is 2. The number of para-hydroxylation sites is 2. The summed E-state index contributed by atoms with van der Waals surface area (Å²) in [5, 5.41) is 26.9. The smallest absolute Gasteiger partial charge is 0.289 e. The zero-order valence-corrected chi connectivity index (χ0v) is 15.6. The Kier molecular flexibility index (Phi) is 6.47. The second kappa shape index (κ2) is 9.60. The lowest BCUT2D eigenvalue weighted by Crippen LogP contribution is -2.23. The number of hydrogen-bond acceptors (Lipinski definition) is 7. The van der Waals surface area contributed by atoms with Crippen LogP contribution >= 0.6 is 0 Å². The summed E-state index contributed by atoms with van der Waals surface area (Å²) in [6, 6.07) is 17.4. The van der Waals surface area contributed by atoms with Crippen LogP contribution < -0.4 is 10.9 Å². The molecular weight excluding hydrogens is 386 g/mol. The molecule has 0 spiro atoms. The van der Waals surface area contributed by atoms with E-state index in [4.69, 9.17) is 0 Å². The molecule has 0 unspecified atom stereocenters. The van der Waals surface area contributed by atoms with E-state index in [0.717, 1.165) is 0 Å². The standard InChI is InChI=1S/C21H17N5O4/c27-18-10-3-1-6-14(18)12-22-25-20(29)16-8-5-9-17(24-16)21(30)26-23-13-15-7-2-4-11-19(15)28/h1-13,27-28H,(H,25,29)(H,26,30)/b22-12+,23-13+. The van der Waals surface area contributed by atoms with E-state index in [-0.39, 0.29) is 22.9 Å². The normalized spacial score (nSPS) is 10.9. The van der Waals surface area contributed by atoms with Gasteiger partial charge in [0.25, 0.3) is 11.8 Å². The van der Waals surface area contributed by atoms with Crippen LogP contribution in [0.25, 0.3) is 0 Å². The number of hydrazone groups is 2. The first kappa shape index (κ1) is 20.2. The third-order valence-corrected chi connectivity index (χ3v) is 3.83. The molecule has 0 fully saturated rings. The molecule has 0 aliphatic carbocycles. The zero-order valence-electron chi connectivity index (χ0n) is 15.6. The summed E-state index contributed by atoms with van der Waals surface area (Å²) < 4.78 is 0. The van der Waals surface area contributed by atoms with Crippen LogP contribution in [0, 0.1) is 0 Å². The molecule has 9 heteroatoms. The van der Waals surface area contributed by atoms with Gasteiger partial charge in [-0.1, -0.05) is 30.3 Å².